The van der Waals surface area contributed by atoms with Crippen molar-refractivity contribution in [1.82, 2.24) is 10.2 Å². The van der Waals surface area contributed by atoms with Crippen LogP contribution in [0.4, 0.5) is 0 Å². The van der Waals surface area contributed by atoms with E-state index in [2.05, 4.69) is 10.2 Å². The van der Waals surface area contributed by atoms with Crippen LogP contribution >= 0.6 is 0 Å². The summed E-state index contributed by atoms with van der Waals surface area (Å²) in [7, 11) is 1.67. The van der Waals surface area contributed by atoms with E-state index in [1.165, 1.54) is 0 Å². The molecule has 0 saturated carbocycles. The molecule has 0 aliphatic carbocycles. The number of aliphatic hydroxyl groups excluding tert-OH is 1. The molecule has 2 N–H and O–H groups in total. The highest BCUT2D eigenvalue weighted by Crippen LogP contribution is 2.15. The van der Waals surface area contributed by atoms with Gasteiger partial charge in [0.2, 0.25) is 5.91 Å². The smallest absolute Gasteiger partial charge is 0.234 e. The van der Waals surface area contributed by atoms with Gasteiger partial charge in [-0.1, -0.05) is 30.7 Å². The third-order valence-electron chi connectivity index (χ3n) is 4.10. The predicted molar refractivity (Wildman–Crippen MR) is 85.3 cm³/mol. The zero-order valence-electron chi connectivity index (χ0n) is 13.3. The largest absolute Gasteiger partial charge is 0.395 e. The molecular formula is C17H26N2O3. The summed E-state index contributed by atoms with van der Waals surface area (Å²) in [6, 6.07) is 8.15. The monoisotopic (exact) mass is 306 g/mol. The summed E-state index contributed by atoms with van der Waals surface area (Å²) in [5, 5.41) is 12.3. The number of hydrogen-bond acceptors (Lipinski definition) is 4. The highest BCUT2D eigenvalue weighted by molar-refractivity contribution is 5.78. The number of amides is 1. The third-order valence-corrected chi connectivity index (χ3v) is 4.10. The number of ether oxygens (including phenoxy) is 1. The molecular weight excluding hydrogens is 280 g/mol. The van der Waals surface area contributed by atoms with Crippen molar-refractivity contribution < 1.29 is 14.6 Å². The van der Waals surface area contributed by atoms with Crippen LogP contribution in [0.5, 0.6) is 0 Å². The number of nitrogens with one attached hydrogen (secondary N) is 1. The first-order chi connectivity index (χ1) is 10.7. The quantitative estimate of drug-likeness (QED) is 0.797. The normalized spacial score (nSPS) is 19.1. The fourth-order valence-electron chi connectivity index (χ4n) is 2.91. The molecule has 1 amide bonds. The second-order valence-electron chi connectivity index (χ2n) is 5.83. The third kappa shape index (κ3) is 5.09. The minimum absolute atomic E-state index is 0.0116. The van der Waals surface area contributed by atoms with Crippen molar-refractivity contribution in [2.75, 3.05) is 26.8 Å². The van der Waals surface area contributed by atoms with E-state index >= 15 is 0 Å². The lowest BCUT2D eigenvalue weighted by Crippen LogP contribution is -2.47. The van der Waals surface area contributed by atoms with Crippen LogP contribution in [0.2, 0.25) is 0 Å². The molecule has 0 spiro atoms. The minimum atomic E-state index is 0.0116. The van der Waals surface area contributed by atoms with E-state index in [4.69, 9.17) is 4.74 Å². The van der Waals surface area contributed by atoms with Gasteiger partial charge in [0, 0.05) is 19.7 Å². The van der Waals surface area contributed by atoms with Gasteiger partial charge in [-0.2, -0.15) is 0 Å². The Morgan fingerprint density at radius 1 is 1.41 bits per heavy atom. The van der Waals surface area contributed by atoms with E-state index in [-0.39, 0.29) is 18.6 Å². The van der Waals surface area contributed by atoms with Gasteiger partial charge in [0.1, 0.15) is 0 Å². The Morgan fingerprint density at radius 3 is 3.00 bits per heavy atom. The second-order valence-corrected chi connectivity index (χ2v) is 5.83. The molecule has 0 radical (unpaired) electrons. The Bertz CT molecular complexity index is 479. The number of likely N-dealkylation sites (tertiary alicyclic amines) is 1. The van der Waals surface area contributed by atoms with Gasteiger partial charge in [0.05, 0.1) is 19.8 Å². The lowest BCUT2D eigenvalue weighted by atomic mass is 10.0. The highest BCUT2D eigenvalue weighted by Gasteiger charge is 2.23. The van der Waals surface area contributed by atoms with Crippen LogP contribution in [0.15, 0.2) is 24.3 Å². The molecule has 5 nitrogen and oxygen atoms in total. The number of hydrogen-bond donors (Lipinski definition) is 2. The van der Waals surface area contributed by atoms with Crippen molar-refractivity contribution in [3.05, 3.63) is 35.4 Å². The molecule has 5 heteroatoms. The summed E-state index contributed by atoms with van der Waals surface area (Å²) in [6.45, 7) is 2.49. The van der Waals surface area contributed by atoms with Crippen molar-refractivity contribution in [2.45, 2.75) is 38.5 Å². The predicted octanol–water partition coefficient (Wildman–Crippen LogP) is 1.30. The van der Waals surface area contributed by atoms with Crippen LogP contribution in [0.3, 0.4) is 0 Å². The summed E-state index contributed by atoms with van der Waals surface area (Å²) in [4.78, 5) is 14.2. The Balaban J connectivity index is 1.80. The van der Waals surface area contributed by atoms with Gasteiger partial charge in [-0.25, -0.2) is 0 Å². The van der Waals surface area contributed by atoms with Crippen molar-refractivity contribution in [1.29, 1.82) is 0 Å². The summed E-state index contributed by atoms with van der Waals surface area (Å²) in [5.41, 5.74) is 2.17. The molecule has 0 bridgehead atoms. The maximum Gasteiger partial charge on any atom is 0.234 e. The molecule has 1 saturated heterocycles. The molecule has 1 atom stereocenters. The van der Waals surface area contributed by atoms with E-state index in [0.717, 1.165) is 36.9 Å². The average Bonchev–Trinajstić information content (AvgIpc) is 2.54. The second kappa shape index (κ2) is 8.88. The minimum Gasteiger partial charge on any atom is -0.395 e. The fraction of sp³-hybridized carbons (Fsp3) is 0.588. The van der Waals surface area contributed by atoms with E-state index in [9.17, 15) is 9.90 Å². The number of aliphatic hydroxyl groups is 1. The highest BCUT2D eigenvalue weighted by atomic mass is 16.5. The van der Waals surface area contributed by atoms with Gasteiger partial charge in [-0.3, -0.25) is 9.69 Å². The fourth-order valence-corrected chi connectivity index (χ4v) is 2.91. The van der Waals surface area contributed by atoms with Crippen LogP contribution < -0.4 is 5.32 Å². The number of piperidine rings is 1. The molecule has 1 aliphatic heterocycles. The molecule has 0 aromatic heterocycles. The number of rotatable bonds is 7. The topological polar surface area (TPSA) is 61.8 Å². The Hall–Kier alpha value is -1.43. The van der Waals surface area contributed by atoms with E-state index in [1.54, 1.807) is 7.11 Å². The Labute approximate surface area is 132 Å². The Kier molecular flexibility index (Phi) is 6.83. The molecule has 22 heavy (non-hydrogen) atoms. The summed E-state index contributed by atoms with van der Waals surface area (Å²) in [5.74, 6) is 0.0116. The first-order valence-corrected chi connectivity index (χ1v) is 7.91. The van der Waals surface area contributed by atoms with Crippen molar-refractivity contribution in [3.8, 4) is 0 Å². The first-order valence-electron chi connectivity index (χ1n) is 7.91. The first kappa shape index (κ1) is 16.9. The number of nitrogens with zero attached hydrogens (tertiary/aromatic N) is 1. The van der Waals surface area contributed by atoms with Crippen molar-refractivity contribution in [3.63, 3.8) is 0 Å². The number of carbonyl (C=O) groups is 1. The summed E-state index contributed by atoms with van der Waals surface area (Å²) >= 11 is 0. The zero-order chi connectivity index (χ0) is 15.8. The Morgan fingerprint density at radius 2 is 2.23 bits per heavy atom. The molecule has 122 valence electrons. The molecule has 2 rings (SSSR count). The van der Waals surface area contributed by atoms with Gasteiger partial charge in [0.25, 0.3) is 0 Å². The van der Waals surface area contributed by atoms with Crippen molar-refractivity contribution in [2.24, 2.45) is 0 Å². The molecule has 1 heterocycles. The maximum atomic E-state index is 12.1. The lowest BCUT2D eigenvalue weighted by Gasteiger charge is -2.33. The molecule has 1 aliphatic rings. The van der Waals surface area contributed by atoms with E-state index in [0.29, 0.717) is 19.7 Å². The summed E-state index contributed by atoms with van der Waals surface area (Å²) < 4.78 is 5.12. The molecule has 1 aromatic rings. The van der Waals surface area contributed by atoms with Crippen LogP contribution in [-0.4, -0.2) is 48.8 Å². The standard InChI is InChI=1S/C17H26N2O3/c1-22-13-15-6-4-5-14(9-15)10-18-17(21)11-19-8-3-2-7-16(19)12-20/h4-6,9,16,20H,2-3,7-8,10-13H2,1H3,(H,18,21). The lowest BCUT2D eigenvalue weighted by molar-refractivity contribution is -0.123. The van der Waals surface area contributed by atoms with Crippen LogP contribution in [0.1, 0.15) is 30.4 Å². The zero-order valence-corrected chi connectivity index (χ0v) is 13.3. The van der Waals surface area contributed by atoms with Gasteiger partial charge in [-0.05, 0) is 30.5 Å². The van der Waals surface area contributed by atoms with Crippen LogP contribution in [0, 0.1) is 0 Å². The van der Waals surface area contributed by atoms with E-state index in [1.807, 2.05) is 24.3 Å². The molecule has 1 unspecified atom stereocenters. The SMILES string of the molecule is COCc1cccc(CNC(=O)CN2CCCCC2CO)c1. The molecule has 1 fully saturated rings. The maximum absolute atomic E-state index is 12.1. The van der Waals surface area contributed by atoms with Gasteiger partial charge < -0.3 is 15.2 Å². The van der Waals surface area contributed by atoms with Gasteiger partial charge >= 0.3 is 0 Å². The molecule has 1 aromatic carbocycles. The van der Waals surface area contributed by atoms with Crippen molar-refractivity contribution >= 4 is 5.91 Å². The summed E-state index contributed by atoms with van der Waals surface area (Å²) in [6.07, 6.45) is 3.21. The number of carbonyl (C=O) groups excluding carboxylic acids is 1. The van der Waals surface area contributed by atoms with Crippen LogP contribution in [0.25, 0.3) is 0 Å². The van der Waals surface area contributed by atoms with Gasteiger partial charge in [-0.15, -0.1) is 0 Å². The number of methoxy groups -OCH3 is 1. The number of benzene rings is 1. The van der Waals surface area contributed by atoms with Gasteiger partial charge in [0.15, 0.2) is 0 Å². The van der Waals surface area contributed by atoms with Crippen LogP contribution in [-0.2, 0) is 22.7 Å². The van der Waals surface area contributed by atoms with E-state index < -0.39 is 0 Å². The average molecular weight is 306 g/mol.